The molecule has 0 spiro atoms. The third kappa shape index (κ3) is 2.53. The fraction of sp³-hybridized carbons (Fsp3) is 0.308. The molecule has 90 valence electrons. The molecule has 2 aromatic rings. The van der Waals surface area contributed by atoms with E-state index in [9.17, 15) is 4.39 Å². The molecule has 0 bridgehead atoms. The average Bonchev–Trinajstić information content (AvgIpc) is 2.70. The zero-order valence-corrected chi connectivity index (χ0v) is 10.7. The Balaban J connectivity index is 2.42. The van der Waals surface area contributed by atoms with Gasteiger partial charge < -0.3 is 5.73 Å². The van der Waals surface area contributed by atoms with Gasteiger partial charge in [0.05, 0.1) is 11.7 Å². The van der Waals surface area contributed by atoms with E-state index < -0.39 is 0 Å². The van der Waals surface area contributed by atoms with Crippen molar-refractivity contribution in [2.24, 2.45) is 5.73 Å². The second-order valence-corrected chi connectivity index (χ2v) is 5.22. The lowest BCUT2D eigenvalue weighted by molar-refractivity contribution is 0.628. The Morgan fingerprint density at radius 1 is 1.47 bits per heavy atom. The predicted molar refractivity (Wildman–Crippen MR) is 69.5 cm³/mol. The molecule has 1 aromatic heterocycles. The van der Waals surface area contributed by atoms with E-state index in [1.165, 1.54) is 12.1 Å². The van der Waals surface area contributed by atoms with E-state index >= 15 is 0 Å². The third-order valence-corrected chi connectivity index (χ3v) is 3.77. The lowest BCUT2D eigenvalue weighted by atomic mass is 10.1. The summed E-state index contributed by atoms with van der Waals surface area (Å²) < 4.78 is 13.2. The smallest absolute Gasteiger partial charge is 0.123 e. The van der Waals surface area contributed by atoms with Crippen LogP contribution in [-0.2, 0) is 0 Å². The molecule has 17 heavy (non-hydrogen) atoms. The number of hydrogen-bond acceptors (Lipinski definition) is 3. The topological polar surface area (TPSA) is 38.9 Å². The van der Waals surface area contributed by atoms with Crippen LogP contribution in [0.3, 0.4) is 0 Å². The first-order valence-electron chi connectivity index (χ1n) is 5.60. The fourth-order valence-corrected chi connectivity index (χ4v) is 2.68. The van der Waals surface area contributed by atoms with Gasteiger partial charge in [0.1, 0.15) is 10.8 Å². The van der Waals surface area contributed by atoms with Gasteiger partial charge in [0.25, 0.3) is 0 Å². The molecule has 0 aliphatic carbocycles. The van der Waals surface area contributed by atoms with Crippen LogP contribution in [0.5, 0.6) is 0 Å². The summed E-state index contributed by atoms with van der Waals surface area (Å²) in [5.41, 5.74) is 7.61. The van der Waals surface area contributed by atoms with Crippen molar-refractivity contribution in [1.82, 2.24) is 4.98 Å². The van der Waals surface area contributed by atoms with E-state index in [1.54, 1.807) is 17.4 Å². The zero-order chi connectivity index (χ0) is 12.4. The van der Waals surface area contributed by atoms with Crippen molar-refractivity contribution in [3.63, 3.8) is 0 Å². The second-order valence-electron chi connectivity index (χ2n) is 3.98. The first-order chi connectivity index (χ1) is 8.11. The maximum Gasteiger partial charge on any atom is 0.123 e. The van der Waals surface area contributed by atoms with E-state index in [-0.39, 0.29) is 11.9 Å². The van der Waals surface area contributed by atoms with Crippen molar-refractivity contribution in [3.8, 4) is 11.3 Å². The van der Waals surface area contributed by atoms with Crippen molar-refractivity contribution in [2.75, 3.05) is 0 Å². The van der Waals surface area contributed by atoms with Crippen molar-refractivity contribution in [1.29, 1.82) is 0 Å². The molecular weight excluding hydrogens is 235 g/mol. The highest BCUT2D eigenvalue weighted by Gasteiger charge is 2.14. The Bertz CT molecular complexity index is 522. The lowest BCUT2D eigenvalue weighted by Crippen LogP contribution is -2.07. The van der Waals surface area contributed by atoms with Gasteiger partial charge in [-0.05, 0) is 25.5 Å². The summed E-state index contributed by atoms with van der Waals surface area (Å²) in [6.45, 7) is 4.02. The monoisotopic (exact) mass is 250 g/mol. The van der Waals surface area contributed by atoms with Gasteiger partial charge in [-0.1, -0.05) is 19.1 Å². The quantitative estimate of drug-likeness (QED) is 0.902. The van der Waals surface area contributed by atoms with Crippen molar-refractivity contribution >= 4 is 11.3 Å². The van der Waals surface area contributed by atoms with Gasteiger partial charge in [-0.3, -0.25) is 0 Å². The maximum atomic E-state index is 13.2. The van der Waals surface area contributed by atoms with Gasteiger partial charge in [0, 0.05) is 10.4 Å². The van der Waals surface area contributed by atoms with Crippen molar-refractivity contribution in [3.05, 3.63) is 40.0 Å². The third-order valence-electron chi connectivity index (χ3n) is 2.67. The highest BCUT2D eigenvalue weighted by atomic mass is 32.1. The Morgan fingerprint density at radius 2 is 2.24 bits per heavy atom. The number of rotatable bonds is 3. The molecule has 1 aromatic carbocycles. The van der Waals surface area contributed by atoms with E-state index in [2.05, 4.69) is 4.98 Å². The summed E-state index contributed by atoms with van der Waals surface area (Å²) in [5.74, 6) is -0.240. The molecule has 0 radical (unpaired) electrons. The predicted octanol–water partition coefficient (Wildman–Crippen LogP) is 3.67. The minimum Gasteiger partial charge on any atom is -0.322 e. The van der Waals surface area contributed by atoms with Gasteiger partial charge in [-0.25, -0.2) is 9.37 Å². The molecule has 1 heterocycles. The first-order valence-corrected chi connectivity index (χ1v) is 6.42. The van der Waals surface area contributed by atoms with Gasteiger partial charge in [-0.2, -0.15) is 0 Å². The Morgan fingerprint density at radius 3 is 2.88 bits per heavy atom. The SMILES string of the molecule is CCC(N)c1nc(-c2cccc(F)c2)c(C)s1. The van der Waals surface area contributed by atoms with Gasteiger partial charge in [0.2, 0.25) is 0 Å². The van der Waals surface area contributed by atoms with Gasteiger partial charge in [-0.15, -0.1) is 11.3 Å². The molecule has 0 fully saturated rings. The largest absolute Gasteiger partial charge is 0.322 e. The number of nitrogens with two attached hydrogens (primary N) is 1. The molecule has 0 aliphatic rings. The van der Waals surface area contributed by atoms with Crippen LogP contribution in [0.1, 0.15) is 29.3 Å². The van der Waals surface area contributed by atoms with E-state index in [0.29, 0.717) is 0 Å². The van der Waals surface area contributed by atoms with Crippen molar-refractivity contribution in [2.45, 2.75) is 26.3 Å². The number of thiazole rings is 1. The van der Waals surface area contributed by atoms with E-state index in [1.807, 2.05) is 19.9 Å². The molecule has 0 saturated heterocycles. The minimum absolute atomic E-state index is 0.0268. The molecule has 0 amide bonds. The van der Waals surface area contributed by atoms with Crippen LogP contribution in [0.25, 0.3) is 11.3 Å². The summed E-state index contributed by atoms with van der Waals surface area (Å²) in [6.07, 6.45) is 0.857. The average molecular weight is 250 g/mol. The Labute approximate surface area is 104 Å². The number of aromatic nitrogens is 1. The number of hydrogen-bond donors (Lipinski definition) is 1. The van der Waals surface area contributed by atoms with Crippen LogP contribution in [0, 0.1) is 12.7 Å². The molecule has 4 heteroatoms. The summed E-state index contributed by atoms with van der Waals surface area (Å²) in [5, 5.41) is 0.921. The fourth-order valence-electron chi connectivity index (χ4n) is 1.65. The minimum atomic E-state index is -0.240. The number of nitrogens with zero attached hydrogens (tertiary/aromatic N) is 1. The summed E-state index contributed by atoms with van der Waals surface area (Å²) in [4.78, 5) is 5.60. The van der Waals surface area contributed by atoms with Gasteiger partial charge in [0.15, 0.2) is 0 Å². The summed E-state index contributed by atoms with van der Waals surface area (Å²) in [7, 11) is 0. The summed E-state index contributed by atoms with van der Waals surface area (Å²) >= 11 is 1.59. The van der Waals surface area contributed by atoms with Crippen LogP contribution < -0.4 is 5.73 Å². The Hall–Kier alpha value is -1.26. The maximum absolute atomic E-state index is 13.2. The molecule has 1 atom stereocenters. The lowest BCUT2D eigenvalue weighted by Gasteiger charge is -2.02. The zero-order valence-electron chi connectivity index (χ0n) is 9.90. The second kappa shape index (κ2) is 4.94. The van der Waals surface area contributed by atoms with Crippen LogP contribution >= 0.6 is 11.3 Å². The summed E-state index contributed by atoms with van der Waals surface area (Å²) in [6, 6.07) is 6.48. The molecule has 0 aliphatic heterocycles. The van der Waals surface area contributed by atoms with E-state index in [4.69, 9.17) is 5.73 Å². The van der Waals surface area contributed by atoms with Gasteiger partial charge >= 0.3 is 0 Å². The molecule has 1 unspecified atom stereocenters. The highest BCUT2D eigenvalue weighted by molar-refractivity contribution is 7.12. The van der Waals surface area contributed by atoms with Crippen LogP contribution in [0.2, 0.25) is 0 Å². The Kier molecular flexibility index (Phi) is 3.54. The van der Waals surface area contributed by atoms with Crippen LogP contribution in [-0.4, -0.2) is 4.98 Å². The van der Waals surface area contributed by atoms with Crippen LogP contribution in [0.15, 0.2) is 24.3 Å². The molecular formula is C13H15FN2S. The normalized spacial score (nSPS) is 12.7. The number of aryl methyl sites for hydroxylation is 1. The molecule has 2 N–H and O–H groups in total. The first kappa shape index (κ1) is 12.2. The standard InChI is InChI=1S/C13H15FN2S/c1-3-11(15)13-16-12(8(2)17-13)9-5-4-6-10(14)7-9/h4-7,11H,3,15H2,1-2H3. The highest BCUT2D eigenvalue weighted by Crippen LogP contribution is 2.30. The van der Waals surface area contributed by atoms with Crippen molar-refractivity contribution < 1.29 is 4.39 Å². The molecule has 2 rings (SSSR count). The number of halogens is 1. The van der Waals surface area contributed by atoms with E-state index in [0.717, 1.165) is 27.6 Å². The molecule has 2 nitrogen and oxygen atoms in total. The molecule has 0 saturated carbocycles. The number of benzene rings is 1. The van der Waals surface area contributed by atoms with Crippen LogP contribution in [0.4, 0.5) is 4.39 Å².